The Bertz CT molecular complexity index is 1020. The molecule has 1 amide bonds. The van der Waals surface area contributed by atoms with Crippen LogP contribution in [-0.4, -0.2) is 16.6 Å². The highest BCUT2D eigenvalue weighted by atomic mass is 35.5. The number of hydrogen-bond donors (Lipinski definition) is 0. The third-order valence-electron chi connectivity index (χ3n) is 3.63. The van der Waals surface area contributed by atoms with Crippen LogP contribution in [0.3, 0.4) is 0 Å². The van der Waals surface area contributed by atoms with Gasteiger partial charge >= 0.3 is 0 Å². The summed E-state index contributed by atoms with van der Waals surface area (Å²) in [6.07, 6.45) is 1.87. The lowest BCUT2D eigenvalue weighted by atomic mass is 10.2. The molecule has 3 rings (SSSR count). The zero-order valence-electron chi connectivity index (χ0n) is 14.6. The summed E-state index contributed by atoms with van der Waals surface area (Å²) in [5.41, 5.74) is 1.49. The molecule has 0 spiro atoms. The van der Waals surface area contributed by atoms with E-state index >= 15 is 0 Å². The number of carbonyl (C=O) groups is 1. The van der Waals surface area contributed by atoms with E-state index in [1.54, 1.807) is 30.3 Å². The van der Waals surface area contributed by atoms with Gasteiger partial charge in [0.2, 0.25) is 0 Å². The molecule has 0 aliphatic rings. The average molecular weight is 387 g/mol. The second-order valence-corrected chi connectivity index (χ2v) is 7.45. The molecule has 0 saturated heterocycles. The lowest BCUT2D eigenvalue weighted by molar-refractivity contribution is 0.0998. The Kier molecular flexibility index (Phi) is 5.59. The van der Waals surface area contributed by atoms with Crippen molar-refractivity contribution in [3.8, 4) is 5.75 Å². The van der Waals surface area contributed by atoms with Crippen molar-refractivity contribution in [1.82, 2.24) is 4.57 Å². The Morgan fingerprint density at radius 1 is 1.31 bits per heavy atom. The zero-order chi connectivity index (χ0) is 18.7. The maximum atomic E-state index is 12.6. The van der Waals surface area contributed by atoms with Crippen LogP contribution in [-0.2, 0) is 6.54 Å². The van der Waals surface area contributed by atoms with Gasteiger partial charge in [0.05, 0.1) is 16.3 Å². The first-order valence-electron chi connectivity index (χ1n) is 8.23. The van der Waals surface area contributed by atoms with Gasteiger partial charge in [0, 0.05) is 17.1 Å². The van der Waals surface area contributed by atoms with Crippen LogP contribution in [0.5, 0.6) is 5.75 Å². The molecule has 1 heterocycles. The number of amides is 1. The van der Waals surface area contributed by atoms with Gasteiger partial charge in [0.1, 0.15) is 5.75 Å². The number of hydrogen-bond acceptors (Lipinski definition) is 3. The second kappa shape index (κ2) is 7.89. The number of halogens is 1. The summed E-state index contributed by atoms with van der Waals surface area (Å²) in [5.74, 6) is 0.436. The van der Waals surface area contributed by atoms with Gasteiger partial charge in [0.25, 0.3) is 5.91 Å². The number of rotatable bonds is 5. The van der Waals surface area contributed by atoms with Crippen LogP contribution in [0, 0.1) is 0 Å². The summed E-state index contributed by atoms with van der Waals surface area (Å²) in [6.45, 7) is 8.27. The van der Waals surface area contributed by atoms with E-state index in [-0.39, 0.29) is 12.0 Å². The maximum absolute atomic E-state index is 12.6. The van der Waals surface area contributed by atoms with Crippen molar-refractivity contribution in [1.29, 1.82) is 0 Å². The van der Waals surface area contributed by atoms with Gasteiger partial charge in [-0.3, -0.25) is 4.79 Å². The summed E-state index contributed by atoms with van der Waals surface area (Å²) in [7, 11) is 0. The molecule has 0 N–H and O–H groups in total. The first-order valence-corrected chi connectivity index (χ1v) is 9.43. The third-order valence-corrected chi connectivity index (χ3v) is 4.90. The molecule has 3 aromatic rings. The number of thiazole rings is 1. The standard InChI is InChI=1S/C20H19ClN2O2S/c1-4-11-23-17-10-7-15(21)12-18(17)26-20(23)22-19(24)14-5-8-16(9-6-14)25-13(2)3/h4-10,12-13H,1,11H2,2-3H3. The molecule has 134 valence electrons. The van der Waals surface area contributed by atoms with E-state index in [4.69, 9.17) is 16.3 Å². The summed E-state index contributed by atoms with van der Waals surface area (Å²) in [5, 5.41) is 0.656. The fourth-order valence-corrected chi connectivity index (χ4v) is 3.85. The molecule has 4 nitrogen and oxygen atoms in total. The third kappa shape index (κ3) is 4.06. The number of benzene rings is 2. The lowest BCUT2D eigenvalue weighted by Crippen LogP contribution is -2.16. The molecule has 0 bridgehead atoms. The molecule has 0 radical (unpaired) electrons. The minimum absolute atomic E-state index is 0.0875. The highest BCUT2D eigenvalue weighted by Crippen LogP contribution is 2.22. The van der Waals surface area contributed by atoms with Crippen molar-refractivity contribution in [3.05, 3.63) is 70.5 Å². The number of allylic oxidation sites excluding steroid dienone is 1. The topological polar surface area (TPSA) is 43.6 Å². The van der Waals surface area contributed by atoms with Gasteiger partial charge in [-0.15, -0.1) is 6.58 Å². The van der Waals surface area contributed by atoms with Gasteiger partial charge < -0.3 is 9.30 Å². The molecular weight excluding hydrogens is 368 g/mol. The Hall–Kier alpha value is -2.37. The van der Waals surface area contributed by atoms with Gasteiger partial charge in [-0.1, -0.05) is 29.0 Å². The molecule has 6 heteroatoms. The molecule has 0 aliphatic heterocycles. The van der Waals surface area contributed by atoms with Gasteiger partial charge in [-0.2, -0.15) is 4.99 Å². The van der Waals surface area contributed by atoms with Gasteiger partial charge in [0.15, 0.2) is 4.80 Å². The first-order chi connectivity index (χ1) is 12.5. The quantitative estimate of drug-likeness (QED) is 0.574. The monoisotopic (exact) mass is 386 g/mol. The molecule has 1 aromatic heterocycles. The van der Waals surface area contributed by atoms with Crippen LogP contribution in [0.2, 0.25) is 5.02 Å². The summed E-state index contributed by atoms with van der Waals surface area (Å²) in [6, 6.07) is 12.7. The van der Waals surface area contributed by atoms with Gasteiger partial charge in [-0.25, -0.2) is 0 Å². The Morgan fingerprint density at radius 2 is 2.04 bits per heavy atom. The smallest absolute Gasteiger partial charge is 0.279 e. The maximum Gasteiger partial charge on any atom is 0.279 e. The highest BCUT2D eigenvalue weighted by Gasteiger charge is 2.09. The summed E-state index contributed by atoms with van der Waals surface area (Å²) in [4.78, 5) is 17.5. The summed E-state index contributed by atoms with van der Waals surface area (Å²) < 4.78 is 8.54. The molecule has 0 unspecified atom stereocenters. The Balaban J connectivity index is 1.99. The largest absolute Gasteiger partial charge is 0.491 e. The number of nitrogens with zero attached hydrogens (tertiary/aromatic N) is 2. The molecule has 26 heavy (non-hydrogen) atoms. The van der Waals surface area contributed by atoms with Crippen molar-refractivity contribution >= 4 is 39.1 Å². The van der Waals surface area contributed by atoms with E-state index in [0.717, 1.165) is 16.0 Å². The van der Waals surface area contributed by atoms with E-state index in [1.807, 2.05) is 36.6 Å². The normalized spacial score (nSPS) is 11.9. The second-order valence-electron chi connectivity index (χ2n) is 6.00. The van der Waals surface area contributed by atoms with Crippen molar-refractivity contribution in [3.63, 3.8) is 0 Å². The molecule has 0 aliphatic carbocycles. The van der Waals surface area contributed by atoms with Crippen LogP contribution in [0.15, 0.2) is 60.1 Å². The average Bonchev–Trinajstić information content (AvgIpc) is 2.91. The van der Waals surface area contributed by atoms with Crippen LogP contribution in [0.1, 0.15) is 24.2 Å². The Labute approximate surface area is 161 Å². The lowest BCUT2D eigenvalue weighted by Gasteiger charge is -2.09. The minimum atomic E-state index is -0.295. The minimum Gasteiger partial charge on any atom is -0.491 e. The van der Waals surface area contributed by atoms with Crippen LogP contribution in [0.25, 0.3) is 10.2 Å². The van der Waals surface area contributed by atoms with Crippen molar-refractivity contribution < 1.29 is 9.53 Å². The van der Waals surface area contributed by atoms with E-state index < -0.39 is 0 Å². The van der Waals surface area contributed by atoms with E-state index in [2.05, 4.69) is 11.6 Å². The van der Waals surface area contributed by atoms with E-state index in [1.165, 1.54) is 11.3 Å². The molecule has 0 atom stereocenters. The fourth-order valence-electron chi connectivity index (χ4n) is 2.54. The molecule has 2 aromatic carbocycles. The molecule has 0 fully saturated rings. The predicted octanol–water partition coefficient (Wildman–Crippen LogP) is 5.07. The van der Waals surface area contributed by atoms with Crippen molar-refractivity contribution in [2.75, 3.05) is 0 Å². The highest BCUT2D eigenvalue weighted by molar-refractivity contribution is 7.16. The van der Waals surface area contributed by atoms with Crippen molar-refractivity contribution in [2.24, 2.45) is 4.99 Å². The van der Waals surface area contributed by atoms with E-state index in [0.29, 0.717) is 21.9 Å². The number of ether oxygens (including phenoxy) is 1. The van der Waals surface area contributed by atoms with Crippen molar-refractivity contribution in [2.45, 2.75) is 26.5 Å². The summed E-state index contributed by atoms with van der Waals surface area (Å²) >= 11 is 7.51. The first kappa shape index (κ1) is 18.4. The number of aromatic nitrogens is 1. The van der Waals surface area contributed by atoms with Gasteiger partial charge in [-0.05, 0) is 56.3 Å². The molecule has 0 saturated carbocycles. The van der Waals surface area contributed by atoms with Crippen LogP contribution < -0.4 is 9.54 Å². The predicted molar refractivity (Wildman–Crippen MR) is 107 cm³/mol. The number of carbonyl (C=O) groups excluding carboxylic acids is 1. The fraction of sp³-hybridized carbons (Fsp3) is 0.200. The van der Waals surface area contributed by atoms with Crippen LogP contribution >= 0.6 is 22.9 Å². The SMILES string of the molecule is C=CCn1c(=NC(=O)c2ccc(OC(C)C)cc2)sc2cc(Cl)ccc21. The van der Waals surface area contributed by atoms with E-state index in [9.17, 15) is 4.79 Å². The van der Waals surface area contributed by atoms with Crippen LogP contribution in [0.4, 0.5) is 0 Å². The number of fused-ring (bicyclic) bond motifs is 1. The Morgan fingerprint density at radius 3 is 2.69 bits per heavy atom. The molecular formula is C20H19ClN2O2S. The zero-order valence-corrected chi connectivity index (χ0v) is 16.2.